The zero-order chi connectivity index (χ0) is 19.5. The fourth-order valence-electron chi connectivity index (χ4n) is 4.47. The fraction of sp³-hybridized carbons (Fsp3) is 0.571. The molecule has 7 nitrogen and oxygen atoms in total. The molecular weight excluding hydrogens is 356 g/mol. The number of amides is 1. The van der Waals surface area contributed by atoms with Crippen LogP contribution in [0, 0.1) is 5.92 Å². The van der Waals surface area contributed by atoms with Crippen LogP contribution in [0.25, 0.3) is 0 Å². The van der Waals surface area contributed by atoms with Crippen molar-refractivity contribution in [1.29, 1.82) is 0 Å². The first-order valence-electron chi connectivity index (χ1n) is 10.2. The van der Waals surface area contributed by atoms with Gasteiger partial charge in [-0.15, -0.1) is 0 Å². The molecule has 7 heteroatoms. The molecule has 0 bridgehead atoms. The summed E-state index contributed by atoms with van der Waals surface area (Å²) in [5.41, 5.74) is 2.52. The van der Waals surface area contributed by atoms with Crippen molar-refractivity contribution >= 4 is 5.91 Å². The van der Waals surface area contributed by atoms with Crippen LogP contribution in [-0.4, -0.2) is 39.4 Å². The summed E-state index contributed by atoms with van der Waals surface area (Å²) in [6, 6.07) is 3.54. The Balaban J connectivity index is 1.53. The molecule has 2 fully saturated rings. The Kier molecular flexibility index (Phi) is 5.62. The van der Waals surface area contributed by atoms with Gasteiger partial charge < -0.3 is 15.2 Å². The fourth-order valence-corrected chi connectivity index (χ4v) is 4.47. The largest absolute Gasteiger partial charge is 0.481 e. The molecule has 2 aromatic heterocycles. The van der Waals surface area contributed by atoms with Gasteiger partial charge in [-0.2, -0.15) is 5.10 Å². The third kappa shape index (κ3) is 3.90. The summed E-state index contributed by atoms with van der Waals surface area (Å²) in [5.74, 6) is 0.997. The van der Waals surface area contributed by atoms with Gasteiger partial charge in [-0.05, 0) is 37.2 Å². The lowest BCUT2D eigenvalue weighted by atomic mass is 9.75. The molecule has 2 heterocycles. The molecule has 0 saturated heterocycles. The van der Waals surface area contributed by atoms with E-state index in [0.717, 1.165) is 24.1 Å². The number of carbonyl (C=O) groups excluding carboxylic acids is 1. The van der Waals surface area contributed by atoms with E-state index in [9.17, 15) is 9.90 Å². The van der Waals surface area contributed by atoms with Crippen molar-refractivity contribution in [2.45, 2.75) is 63.0 Å². The number of methoxy groups -OCH3 is 1. The van der Waals surface area contributed by atoms with Crippen molar-refractivity contribution in [1.82, 2.24) is 20.5 Å². The first-order valence-corrected chi connectivity index (χ1v) is 10.2. The zero-order valence-electron chi connectivity index (χ0n) is 16.2. The first kappa shape index (κ1) is 18.9. The van der Waals surface area contributed by atoms with Gasteiger partial charge in [0.1, 0.15) is 0 Å². The van der Waals surface area contributed by atoms with Gasteiger partial charge >= 0.3 is 0 Å². The monoisotopic (exact) mass is 384 g/mol. The third-order valence-corrected chi connectivity index (χ3v) is 6.16. The molecule has 3 N–H and O–H groups in total. The van der Waals surface area contributed by atoms with Crippen molar-refractivity contribution in [3.05, 3.63) is 41.3 Å². The summed E-state index contributed by atoms with van der Waals surface area (Å²) >= 11 is 0. The Hall–Kier alpha value is -2.41. The number of aromatic amines is 1. The molecule has 0 spiro atoms. The van der Waals surface area contributed by atoms with Crippen molar-refractivity contribution in [3.63, 3.8) is 0 Å². The average molecular weight is 384 g/mol. The number of rotatable bonds is 6. The van der Waals surface area contributed by atoms with Gasteiger partial charge in [0.25, 0.3) is 5.91 Å². The number of aromatic nitrogens is 3. The highest BCUT2D eigenvalue weighted by atomic mass is 16.5. The predicted octanol–water partition coefficient (Wildman–Crippen LogP) is 3.10. The molecule has 2 aliphatic carbocycles. The van der Waals surface area contributed by atoms with E-state index < -0.39 is 0 Å². The Bertz CT molecular complexity index is 792. The van der Waals surface area contributed by atoms with Crippen LogP contribution in [0.3, 0.4) is 0 Å². The van der Waals surface area contributed by atoms with E-state index in [-0.39, 0.29) is 24.0 Å². The lowest BCUT2D eigenvalue weighted by Gasteiger charge is -2.38. The van der Waals surface area contributed by atoms with Gasteiger partial charge in [0.15, 0.2) is 0 Å². The lowest BCUT2D eigenvalue weighted by Crippen LogP contribution is -2.41. The van der Waals surface area contributed by atoms with Gasteiger partial charge in [0, 0.05) is 18.2 Å². The van der Waals surface area contributed by atoms with Crippen LogP contribution in [0.2, 0.25) is 0 Å². The number of nitrogens with zero attached hydrogens (tertiary/aromatic N) is 2. The minimum atomic E-state index is -0.290. The highest BCUT2D eigenvalue weighted by Gasteiger charge is 2.36. The Morgan fingerprint density at radius 1 is 1.25 bits per heavy atom. The van der Waals surface area contributed by atoms with E-state index >= 15 is 0 Å². The summed E-state index contributed by atoms with van der Waals surface area (Å²) < 4.78 is 5.14. The molecule has 150 valence electrons. The minimum absolute atomic E-state index is 0.114. The maximum Gasteiger partial charge on any atom is 0.255 e. The number of ether oxygens (including phenoxy) is 1. The molecule has 1 atom stereocenters. The highest BCUT2D eigenvalue weighted by Crippen LogP contribution is 2.39. The van der Waals surface area contributed by atoms with Crippen molar-refractivity contribution < 1.29 is 14.6 Å². The molecular formula is C21H28N4O3. The first-order chi connectivity index (χ1) is 13.7. The van der Waals surface area contributed by atoms with E-state index in [4.69, 9.17) is 4.74 Å². The molecule has 2 saturated carbocycles. The Labute approximate surface area is 164 Å². The second-order valence-corrected chi connectivity index (χ2v) is 8.00. The van der Waals surface area contributed by atoms with Crippen LogP contribution in [0.1, 0.15) is 78.5 Å². The molecule has 0 aromatic carbocycles. The summed E-state index contributed by atoms with van der Waals surface area (Å²) in [6.07, 6.45) is 10.3. The van der Waals surface area contributed by atoms with E-state index in [1.54, 1.807) is 25.6 Å². The maximum atomic E-state index is 13.1. The number of nitrogens with one attached hydrogen (secondary N) is 2. The number of pyridine rings is 1. The summed E-state index contributed by atoms with van der Waals surface area (Å²) in [7, 11) is 1.58. The molecule has 0 unspecified atom stereocenters. The zero-order valence-corrected chi connectivity index (χ0v) is 16.2. The van der Waals surface area contributed by atoms with Crippen LogP contribution in [0.15, 0.2) is 24.5 Å². The molecule has 2 aromatic rings. The van der Waals surface area contributed by atoms with Crippen LogP contribution in [0.4, 0.5) is 0 Å². The number of H-pyrrole nitrogens is 1. The number of carbonyl (C=O) groups is 1. The summed E-state index contributed by atoms with van der Waals surface area (Å²) in [6.45, 7) is 0. The van der Waals surface area contributed by atoms with Crippen LogP contribution < -0.4 is 10.1 Å². The van der Waals surface area contributed by atoms with Gasteiger partial charge in [-0.25, -0.2) is 4.98 Å². The number of aliphatic hydroxyl groups is 1. The van der Waals surface area contributed by atoms with Gasteiger partial charge in [0.05, 0.1) is 36.7 Å². The lowest BCUT2D eigenvalue weighted by molar-refractivity contribution is 0.0234. The Morgan fingerprint density at radius 3 is 2.68 bits per heavy atom. The second kappa shape index (κ2) is 8.31. The van der Waals surface area contributed by atoms with Gasteiger partial charge in [-0.3, -0.25) is 9.89 Å². The van der Waals surface area contributed by atoms with Gasteiger partial charge in [0.2, 0.25) is 5.88 Å². The smallest absolute Gasteiger partial charge is 0.255 e. The van der Waals surface area contributed by atoms with E-state index in [2.05, 4.69) is 20.5 Å². The standard InChI is InChI=1S/C21H28N4O3/c1-28-18-8-7-14(11-22-18)19(15-9-16(26)10-15)24-21(27)17-12-23-25-20(17)13-5-3-2-4-6-13/h7-8,11-13,15-16,19,26H,2-6,9-10H2,1H3,(H,23,25)(H,24,27)/t15?,16?,19-/m1/s1. The molecule has 1 amide bonds. The molecule has 4 rings (SSSR count). The van der Waals surface area contributed by atoms with Crippen molar-refractivity contribution in [2.24, 2.45) is 5.92 Å². The molecule has 0 radical (unpaired) electrons. The van der Waals surface area contributed by atoms with E-state index in [0.29, 0.717) is 30.2 Å². The number of hydrogen-bond acceptors (Lipinski definition) is 5. The van der Waals surface area contributed by atoms with Gasteiger partial charge in [-0.1, -0.05) is 25.3 Å². The van der Waals surface area contributed by atoms with Crippen LogP contribution in [-0.2, 0) is 0 Å². The molecule has 28 heavy (non-hydrogen) atoms. The normalized spacial score (nSPS) is 23.6. The second-order valence-electron chi connectivity index (χ2n) is 8.00. The topological polar surface area (TPSA) is 100 Å². The van der Waals surface area contributed by atoms with E-state index in [1.165, 1.54) is 19.3 Å². The quantitative estimate of drug-likeness (QED) is 0.711. The Morgan fingerprint density at radius 2 is 2.04 bits per heavy atom. The van der Waals surface area contributed by atoms with Crippen molar-refractivity contribution in [3.8, 4) is 5.88 Å². The maximum absolute atomic E-state index is 13.1. The summed E-state index contributed by atoms with van der Waals surface area (Å²) in [5, 5.41) is 20.2. The molecule has 2 aliphatic rings. The minimum Gasteiger partial charge on any atom is -0.481 e. The van der Waals surface area contributed by atoms with Crippen LogP contribution >= 0.6 is 0 Å². The average Bonchev–Trinajstić information content (AvgIpc) is 3.21. The third-order valence-electron chi connectivity index (χ3n) is 6.16. The predicted molar refractivity (Wildman–Crippen MR) is 104 cm³/mol. The van der Waals surface area contributed by atoms with Crippen molar-refractivity contribution in [2.75, 3.05) is 7.11 Å². The SMILES string of the molecule is COc1ccc([C@@H](NC(=O)c2cn[nH]c2C2CCCCC2)C2CC(O)C2)cn1. The number of hydrogen-bond donors (Lipinski definition) is 3. The van der Waals surface area contributed by atoms with E-state index in [1.807, 2.05) is 6.07 Å². The summed E-state index contributed by atoms with van der Waals surface area (Å²) in [4.78, 5) is 17.4. The highest BCUT2D eigenvalue weighted by molar-refractivity contribution is 5.95. The number of aliphatic hydroxyl groups excluding tert-OH is 1. The molecule has 0 aliphatic heterocycles. The van der Waals surface area contributed by atoms with Crippen LogP contribution in [0.5, 0.6) is 5.88 Å².